The normalized spacial score (nSPS) is 14.4. The third-order valence-electron chi connectivity index (χ3n) is 5.52. The summed E-state index contributed by atoms with van der Waals surface area (Å²) in [7, 11) is -4.03. The molecule has 2 unspecified atom stereocenters. The van der Waals surface area contributed by atoms with E-state index in [-0.39, 0.29) is 13.0 Å². The summed E-state index contributed by atoms with van der Waals surface area (Å²) in [6.07, 6.45) is -1.21. The van der Waals surface area contributed by atoms with Crippen LogP contribution in [0.1, 0.15) is 18.1 Å². The molecule has 0 heterocycles. The Morgan fingerprint density at radius 1 is 0.882 bits per heavy atom. The topological polar surface area (TPSA) is 113 Å². The molecule has 0 saturated carbocycles. The van der Waals surface area contributed by atoms with E-state index in [2.05, 4.69) is 5.32 Å². The molecule has 34 heavy (non-hydrogen) atoms. The number of hydrogen-bond acceptors (Lipinski definition) is 4. The molecule has 3 atom stereocenters. The summed E-state index contributed by atoms with van der Waals surface area (Å²) >= 11 is 0. The Hall–Kier alpha value is -3.41. The first kappa shape index (κ1) is 25.2. The number of ether oxygens (including phenoxy) is 1. The molecule has 0 aliphatic rings. The van der Waals surface area contributed by atoms with Crippen LogP contribution in [-0.4, -0.2) is 34.0 Å². The number of alkyl carbamates (subject to hydrolysis) is 1. The molecule has 7 nitrogen and oxygen atoms in total. The lowest BCUT2D eigenvalue weighted by Gasteiger charge is -2.23. The molecular weight excluding hydrogens is 453 g/mol. The summed E-state index contributed by atoms with van der Waals surface area (Å²) in [4.78, 5) is 34.4. The summed E-state index contributed by atoms with van der Waals surface area (Å²) in [5, 5.41) is 12.0. The van der Waals surface area contributed by atoms with Crippen LogP contribution in [0, 0.1) is 5.92 Å². The smallest absolute Gasteiger partial charge is 0.408 e. The largest absolute Gasteiger partial charge is 0.481 e. The van der Waals surface area contributed by atoms with Crippen molar-refractivity contribution >= 4 is 19.4 Å². The SMILES string of the molecule is CC(NC(=O)OCc1ccccc1)P(=O)(O)C[C@H](Cc1ccc(-c2ccccc2)cc1)C(=O)O. The predicted octanol–water partition coefficient (Wildman–Crippen LogP) is 5.14. The maximum absolute atomic E-state index is 12.9. The van der Waals surface area contributed by atoms with Gasteiger partial charge >= 0.3 is 12.1 Å². The van der Waals surface area contributed by atoms with Crippen molar-refractivity contribution < 1.29 is 28.9 Å². The molecule has 0 fully saturated rings. The number of carbonyl (C=O) groups excluding carboxylic acids is 1. The third kappa shape index (κ3) is 7.30. The zero-order chi connectivity index (χ0) is 24.6. The van der Waals surface area contributed by atoms with Gasteiger partial charge in [0.2, 0.25) is 7.37 Å². The third-order valence-corrected chi connectivity index (χ3v) is 7.82. The van der Waals surface area contributed by atoms with Crippen LogP contribution in [0.2, 0.25) is 0 Å². The lowest BCUT2D eigenvalue weighted by atomic mass is 9.98. The van der Waals surface area contributed by atoms with Crippen LogP contribution in [0.15, 0.2) is 84.9 Å². The van der Waals surface area contributed by atoms with E-state index < -0.39 is 37.3 Å². The molecule has 8 heteroatoms. The Kier molecular flexibility index (Phi) is 8.63. The number of carboxylic acid groups (broad SMARTS) is 1. The summed E-state index contributed by atoms with van der Waals surface area (Å²) < 4.78 is 18.0. The highest BCUT2D eigenvalue weighted by Crippen LogP contribution is 2.47. The molecule has 0 saturated heterocycles. The first-order valence-electron chi connectivity index (χ1n) is 10.9. The molecule has 3 aromatic rings. The highest BCUT2D eigenvalue weighted by atomic mass is 31.2. The number of aliphatic carboxylic acids is 1. The zero-order valence-corrected chi connectivity index (χ0v) is 19.7. The average molecular weight is 481 g/mol. The number of rotatable bonds is 10. The number of benzene rings is 3. The first-order chi connectivity index (χ1) is 16.2. The van der Waals surface area contributed by atoms with Crippen molar-refractivity contribution in [3.63, 3.8) is 0 Å². The molecule has 1 amide bonds. The molecule has 3 N–H and O–H groups in total. The van der Waals surface area contributed by atoms with Crippen LogP contribution in [0.4, 0.5) is 4.79 Å². The van der Waals surface area contributed by atoms with E-state index >= 15 is 0 Å². The Labute approximate surface area is 198 Å². The van der Waals surface area contributed by atoms with E-state index in [1.165, 1.54) is 6.92 Å². The molecule has 0 bridgehead atoms. The van der Waals surface area contributed by atoms with Crippen LogP contribution >= 0.6 is 7.37 Å². The molecule has 3 aromatic carbocycles. The van der Waals surface area contributed by atoms with Crippen molar-refractivity contribution in [1.29, 1.82) is 0 Å². The molecule has 0 aromatic heterocycles. The van der Waals surface area contributed by atoms with Gasteiger partial charge in [0.05, 0.1) is 5.92 Å². The lowest BCUT2D eigenvalue weighted by Crippen LogP contribution is -2.35. The summed E-state index contributed by atoms with van der Waals surface area (Å²) in [5.41, 5.74) is 3.57. The van der Waals surface area contributed by atoms with Gasteiger partial charge in [-0.15, -0.1) is 0 Å². The highest BCUT2D eigenvalue weighted by molar-refractivity contribution is 7.58. The van der Waals surface area contributed by atoms with Gasteiger partial charge in [0.15, 0.2) is 0 Å². The van der Waals surface area contributed by atoms with Crippen LogP contribution in [0.5, 0.6) is 0 Å². The first-order valence-corrected chi connectivity index (χ1v) is 12.8. The number of carbonyl (C=O) groups is 2. The fourth-order valence-corrected chi connectivity index (χ4v) is 5.03. The standard InChI is InChI=1S/C26H28NO6P/c1-19(27-26(30)33-17-21-8-4-2-5-9-21)34(31,32)18-24(25(28)29)16-20-12-14-23(15-13-20)22-10-6-3-7-11-22/h2-15,19,24H,16-18H2,1H3,(H,27,30)(H,28,29)(H,31,32)/t19?,24-/m0/s1. The van der Waals surface area contributed by atoms with Gasteiger partial charge < -0.3 is 20.1 Å². The van der Waals surface area contributed by atoms with Crippen molar-refractivity contribution in [3.05, 3.63) is 96.1 Å². The minimum atomic E-state index is -4.03. The van der Waals surface area contributed by atoms with E-state index in [0.717, 1.165) is 22.3 Å². The summed E-state index contributed by atoms with van der Waals surface area (Å²) in [6, 6.07) is 26.2. The van der Waals surface area contributed by atoms with E-state index in [1.807, 2.05) is 72.8 Å². The Morgan fingerprint density at radius 3 is 2.03 bits per heavy atom. The molecule has 0 aliphatic carbocycles. The molecule has 3 rings (SSSR count). The van der Waals surface area contributed by atoms with Gasteiger partial charge in [-0.05, 0) is 35.6 Å². The van der Waals surface area contributed by atoms with Crippen molar-refractivity contribution in [1.82, 2.24) is 5.32 Å². The second-order valence-electron chi connectivity index (χ2n) is 8.12. The summed E-state index contributed by atoms with van der Waals surface area (Å²) in [6.45, 7) is 1.39. The fraction of sp³-hybridized carbons (Fsp3) is 0.231. The molecule has 178 valence electrons. The van der Waals surface area contributed by atoms with Crippen molar-refractivity contribution in [2.75, 3.05) is 6.16 Å². The minimum Gasteiger partial charge on any atom is -0.481 e. The maximum atomic E-state index is 12.9. The predicted molar refractivity (Wildman–Crippen MR) is 131 cm³/mol. The second kappa shape index (κ2) is 11.6. The van der Waals surface area contributed by atoms with E-state index in [4.69, 9.17) is 4.74 Å². The van der Waals surface area contributed by atoms with Crippen LogP contribution in [-0.2, 0) is 27.1 Å². The van der Waals surface area contributed by atoms with Crippen molar-refractivity contribution in [2.24, 2.45) is 5.92 Å². The molecule has 0 aliphatic heterocycles. The lowest BCUT2D eigenvalue weighted by molar-refractivity contribution is -0.141. The van der Waals surface area contributed by atoms with Crippen LogP contribution in [0.25, 0.3) is 11.1 Å². The summed E-state index contributed by atoms with van der Waals surface area (Å²) in [5.74, 6) is -3.40. The molecule has 0 spiro atoms. The van der Waals surface area contributed by atoms with E-state index in [1.54, 1.807) is 12.1 Å². The Morgan fingerprint density at radius 2 is 1.44 bits per heavy atom. The Bertz CT molecular complexity index is 1130. The van der Waals surface area contributed by atoms with Crippen molar-refractivity contribution in [3.8, 4) is 11.1 Å². The maximum Gasteiger partial charge on any atom is 0.408 e. The molecule has 0 radical (unpaired) electrons. The van der Waals surface area contributed by atoms with Gasteiger partial charge in [-0.1, -0.05) is 84.9 Å². The highest BCUT2D eigenvalue weighted by Gasteiger charge is 2.35. The van der Waals surface area contributed by atoms with Gasteiger partial charge in [0.25, 0.3) is 0 Å². The number of nitrogens with one attached hydrogen (secondary N) is 1. The zero-order valence-electron chi connectivity index (χ0n) is 18.8. The Balaban J connectivity index is 1.58. The number of carboxylic acids is 1. The average Bonchev–Trinajstić information content (AvgIpc) is 2.84. The minimum absolute atomic E-state index is 0.0197. The van der Waals surface area contributed by atoms with E-state index in [9.17, 15) is 24.2 Å². The number of amides is 1. The van der Waals surface area contributed by atoms with Gasteiger partial charge in [0, 0.05) is 6.16 Å². The fourth-order valence-electron chi connectivity index (χ4n) is 3.49. The van der Waals surface area contributed by atoms with Crippen molar-refractivity contribution in [2.45, 2.75) is 25.7 Å². The quantitative estimate of drug-likeness (QED) is 0.346. The number of hydrogen-bond donors (Lipinski definition) is 3. The van der Waals surface area contributed by atoms with Crippen LogP contribution in [0.3, 0.4) is 0 Å². The monoisotopic (exact) mass is 481 g/mol. The van der Waals surface area contributed by atoms with Crippen LogP contribution < -0.4 is 5.32 Å². The van der Waals surface area contributed by atoms with Gasteiger partial charge in [-0.2, -0.15) is 0 Å². The second-order valence-corrected chi connectivity index (χ2v) is 10.8. The van der Waals surface area contributed by atoms with Gasteiger partial charge in [0.1, 0.15) is 12.4 Å². The van der Waals surface area contributed by atoms with E-state index in [0.29, 0.717) is 0 Å². The van der Waals surface area contributed by atoms with Gasteiger partial charge in [-0.25, -0.2) is 4.79 Å². The van der Waals surface area contributed by atoms with Gasteiger partial charge in [-0.3, -0.25) is 9.36 Å². The molecular formula is C26H28NO6P.